The predicted octanol–water partition coefficient (Wildman–Crippen LogP) is 4.39. The van der Waals surface area contributed by atoms with E-state index in [1.807, 2.05) is 64.9 Å². The van der Waals surface area contributed by atoms with Crippen LogP contribution in [0.2, 0.25) is 0 Å². The average molecular weight is 435 g/mol. The summed E-state index contributed by atoms with van der Waals surface area (Å²) in [6.45, 7) is 1.30. The third-order valence-electron chi connectivity index (χ3n) is 5.61. The van der Waals surface area contributed by atoms with E-state index in [0.29, 0.717) is 25.1 Å². The second kappa shape index (κ2) is 9.79. The van der Waals surface area contributed by atoms with Gasteiger partial charge in [-0.05, 0) is 59.7 Å². The van der Waals surface area contributed by atoms with Crippen LogP contribution in [0.5, 0.6) is 5.75 Å². The quantitative estimate of drug-likeness (QED) is 0.626. The van der Waals surface area contributed by atoms with Crippen LogP contribution >= 0.6 is 11.3 Å². The summed E-state index contributed by atoms with van der Waals surface area (Å²) in [5.74, 6) is 0.849. The number of likely N-dealkylation sites (tertiary alicyclic amines) is 1. The molecule has 3 aromatic rings. The first kappa shape index (κ1) is 21.1. The van der Waals surface area contributed by atoms with Crippen LogP contribution in [0.3, 0.4) is 0 Å². The highest BCUT2D eigenvalue weighted by atomic mass is 32.1. The molecule has 1 aliphatic rings. The first-order valence-electron chi connectivity index (χ1n) is 10.5. The van der Waals surface area contributed by atoms with Gasteiger partial charge in [0.2, 0.25) is 5.91 Å². The van der Waals surface area contributed by atoms with Crippen LogP contribution in [0.1, 0.15) is 28.8 Å². The second-order valence-corrected chi connectivity index (χ2v) is 8.66. The van der Waals surface area contributed by atoms with E-state index >= 15 is 0 Å². The Morgan fingerprint density at radius 3 is 2.35 bits per heavy atom. The lowest BCUT2D eigenvalue weighted by Gasteiger charge is -2.32. The molecule has 2 amide bonds. The topological polar surface area (TPSA) is 58.6 Å². The number of rotatable bonds is 6. The molecule has 1 aromatic heterocycles. The van der Waals surface area contributed by atoms with Gasteiger partial charge in [-0.1, -0.05) is 30.3 Å². The van der Waals surface area contributed by atoms with Gasteiger partial charge < -0.3 is 15.0 Å². The van der Waals surface area contributed by atoms with Gasteiger partial charge in [0.15, 0.2) is 0 Å². The minimum Gasteiger partial charge on any atom is -0.497 e. The van der Waals surface area contributed by atoms with Crippen molar-refractivity contribution in [2.45, 2.75) is 25.3 Å². The summed E-state index contributed by atoms with van der Waals surface area (Å²) in [5, 5.41) is 5.16. The van der Waals surface area contributed by atoms with Crippen LogP contribution in [0, 0.1) is 0 Å². The first-order chi connectivity index (χ1) is 15.1. The van der Waals surface area contributed by atoms with Crippen molar-refractivity contribution < 1.29 is 14.3 Å². The summed E-state index contributed by atoms with van der Waals surface area (Å²) in [4.78, 5) is 28.3. The van der Waals surface area contributed by atoms with Gasteiger partial charge >= 0.3 is 0 Å². The van der Waals surface area contributed by atoms with Crippen molar-refractivity contribution in [2.24, 2.45) is 0 Å². The van der Waals surface area contributed by atoms with Crippen LogP contribution in [0.25, 0.3) is 10.4 Å². The molecule has 0 unspecified atom stereocenters. The highest BCUT2D eigenvalue weighted by Gasteiger charge is 2.24. The Labute approximate surface area is 186 Å². The molecule has 4 rings (SSSR count). The largest absolute Gasteiger partial charge is 0.497 e. The minimum absolute atomic E-state index is 0.0131. The molecule has 1 fully saturated rings. The van der Waals surface area contributed by atoms with Crippen molar-refractivity contribution in [3.05, 3.63) is 77.2 Å². The Balaban J connectivity index is 1.26. The third kappa shape index (κ3) is 5.33. The highest BCUT2D eigenvalue weighted by molar-refractivity contribution is 7.13. The van der Waals surface area contributed by atoms with Crippen molar-refractivity contribution in [2.75, 3.05) is 20.2 Å². The summed E-state index contributed by atoms with van der Waals surface area (Å²) in [6.07, 6.45) is 1.89. The summed E-state index contributed by atoms with van der Waals surface area (Å²) < 4.78 is 5.15. The number of nitrogens with one attached hydrogen (secondary N) is 1. The van der Waals surface area contributed by atoms with E-state index in [4.69, 9.17) is 4.74 Å². The van der Waals surface area contributed by atoms with Crippen molar-refractivity contribution in [3.8, 4) is 16.2 Å². The van der Waals surface area contributed by atoms with Crippen LogP contribution in [-0.2, 0) is 11.2 Å². The molecule has 1 N–H and O–H groups in total. The highest BCUT2D eigenvalue weighted by Crippen LogP contribution is 2.25. The number of benzene rings is 2. The summed E-state index contributed by atoms with van der Waals surface area (Å²) in [7, 11) is 1.62. The Morgan fingerprint density at radius 1 is 1.03 bits per heavy atom. The van der Waals surface area contributed by atoms with E-state index < -0.39 is 0 Å². The van der Waals surface area contributed by atoms with E-state index in [-0.39, 0.29) is 17.9 Å². The molecule has 0 spiro atoms. The van der Waals surface area contributed by atoms with Gasteiger partial charge in [-0.25, -0.2) is 0 Å². The Morgan fingerprint density at radius 2 is 1.74 bits per heavy atom. The van der Waals surface area contributed by atoms with Gasteiger partial charge in [0.1, 0.15) is 5.75 Å². The van der Waals surface area contributed by atoms with Crippen LogP contribution < -0.4 is 10.1 Å². The number of methoxy groups -OCH3 is 1. The van der Waals surface area contributed by atoms with E-state index in [1.54, 1.807) is 18.4 Å². The molecular weight excluding hydrogens is 408 g/mol. The standard InChI is InChI=1S/C25H26N2O3S/c1-30-22-10-4-18(5-11-22)17-24(28)26-21-12-14-27(15-13-21)25(29)20-8-6-19(7-9-20)23-3-2-16-31-23/h2-11,16,21H,12-15,17H2,1H3,(H,26,28). The van der Waals surface area contributed by atoms with Gasteiger partial charge in [-0.3, -0.25) is 9.59 Å². The van der Waals surface area contributed by atoms with Crippen LogP contribution in [-0.4, -0.2) is 43.0 Å². The van der Waals surface area contributed by atoms with Crippen molar-refractivity contribution >= 4 is 23.2 Å². The number of hydrogen-bond donors (Lipinski definition) is 1. The molecule has 1 saturated heterocycles. The molecule has 0 bridgehead atoms. The first-order valence-corrected chi connectivity index (χ1v) is 11.4. The lowest BCUT2D eigenvalue weighted by molar-refractivity contribution is -0.121. The van der Waals surface area contributed by atoms with Crippen molar-refractivity contribution in [1.29, 1.82) is 0 Å². The molecule has 1 aliphatic heterocycles. The van der Waals surface area contributed by atoms with Crippen molar-refractivity contribution in [3.63, 3.8) is 0 Å². The Kier molecular flexibility index (Phi) is 6.67. The predicted molar refractivity (Wildman–Crippen MR) is 124 cm³/mol. The smallest absolute Gasteiger partial charge is 0.253 e. The summed E-state index contributed by atoms with van der Waals surface area (Å²) in [6, 6.07) is 19.6. The van der Waals surface area contributed by atoms with Gasteiger partial charge in [-0.2, -0.15) is 0 Å². The zero-order chi connectivity index (χ0) is 21.6. The monoisotopic (exact) mass is 434 g/mol. The molecular formula is C25H26N2O3S. The number of thiophene rings is 1. The van der Waals surface area contributed by atoms with Gasteiger partial charge in [0, 0.05) is 29.6 Å². The van der Waals surface area contributed by atoms with Crippen LogP contribution in [0.15, 0.2) is 66.0 Å². The molecule has 0 aliphatic carbocycles. The average Bonchev–Trinajstić information content (AvgIpc) is 3.35. The summed E-state index contributed by atoms with van der Waals surface area (Å²) >= 11 is 1.69. The normalized spacial score (nSPS) is 14.3. The fourth-order valence-electron chi connectivity index (χ4n) is 3.84. The molecule has 2 heterocycles. The van der Waals surface area contributed by atoms with E-state index in [2.05, 4.69) is 11.4 Å². The maximum absolute atomic E-state index is 12.9. The number of hydrogen-bond acceptors (Lipinski definition) is 4. The van der Waals surface area contributed by atoms with Gasteiger partial charge in [0.05, 0.1) is 13.5 Å². The lowest BCUT2D eigenvalue weighted by atomic mass is 10.0. The fraction of sp³-hybridized carbons (Fsp3) is 0.280. The number of carbonyl (C=O) groups is 2. The Hall–Kier alpha value is -3.12. The fourth-order valence-corrected chi connectivity index (χ4v) is 4.57. The number of nitrogens with zero attached hydrogens (tertiary/aromatic N) is 1. The number of ether oxygens (including phenoxy) is 1. The molecule has 0 saturated carbocycles. The minimum atomic E-state index is 0.0131. The number of carbonyl (C=O) groups excluding carboxylic acids is 2. The molecule has 5 nitrogen and oxygen atoms in total. The maximum Gasteiger partial charge on any atom is 0.253 e. The molecule has 0 radical (unpaired) electrons. The molecule has 31 heavy (non-hydrogen) atoms. The zero-order valence-corrected chi connectivity index (χ0v) is 18.4. The number of amides is 2. The van der Waals surface area contributed by atoms with E-state index in [9.17, 15) is 9.59 Å². The lowest BCUT2D eigenvalue weighted by Crippen LogP contribution is -2.46. The molecule has 2 aromatic carbocycles. The van der Waals surface area contributed by atoms with E-state index in [0.717, 1.165) is 29.7 Å². The maximum atomic E-state index is 12.9. The van der Waals surface area contributed by atoms with Crippen LogP contribution in [0.4, 0.5) is 0 Å². The van der Waals surface area contributed by atoms with Gasteiger partial charge in [-0.15, -0.1) is 11.3 Å². The second-order valence-electron chi connectivity index (χ2n) is 7.71. The van der Waals surface area contributed by atoms with Gasteiger partial charge in [0.25, 0.3) is 5.91 Å². The SMILES string of the molecule is COc1ccc(CC(=O)NC2CCN(C(=O)c3ccc(-c4cccs4)cc3)CC2)cc1. The third-order valence-corrected chi connectivity index (χ3v) is 6.53. The van der Waals surface area contributed by atoms with Crippen molar-refractivity contribution in [1.82, 2.24) is 10.2 Å². The molecule has 6 heteroatoms. The Bertz CT molecular complexity index is 1010. The summed E-state index contributed by atoms with van der Waals surface area (Å²) in [5.41, 5.74) is 2.80. The molecule has 160 valence electrons. The zero-order valence-electron chi connectivity index (χ0n) is 17.5. The van der Waals surface area contributed by atoms with E-state index in [1.165, 1.54) is 4.88 Å². The molecule has 0 atom stereocenters. The number of piperidine rings is 1.